The maximum absolute atomic E-state index is 13.1. The maximum atomic E-state index is 13.1. The molecule has 1 aliphatic heterocycles. The summed E-state index contributed by atoms with van der Waals surface area (Å²) in [7, 11) is 0. The first-order chi connectivity index (χ1) is 12.8. The van der Waals surface area contributed by atoms with Crippen LogP contribution in [0.1, 0.15) is 40.7 Å². The Morgan fingerprint density at radius 1 is 1.30 bits per heavy atom. The molecule has 2 heterocycles. The molecular formula is C20H24ClN3O3. The summed E-state index contributed by atoms with van der Waals surface area (Å²) in [5.41, 5.74) is 3.02. The summed E-state index contributed by atoms with van der Waals surface area (Å²) in [5.74, 6) is -1.32. The lowest BCUT2D eigenvalue weighted by Crippen LogP contribution is -2.45. The van der Waals surface area contributed by atoms with Gasteiger partial charge in [0.1, 0.15) is 0 Å². The fourth-order valence-corrected chi connectivity index (χ4v) is 4.00. The average Bonchev–Trinajstić information content (AvgIpc) is 2.89. The van der Waals surface area contributed by atoms with Crippen molar-refractivity contribution in [2.24, 2.45) is 11.8 Å². The molecule has 144 valence electrons. The number of rotatable bonds is 4. The van der Waals surface area contributed by atoms with E-state index in [1.807, 2.05) is 45.0 Å². The Hall–Kier alpha value is -2.34. The van der Waals surface area contributed by atoms with Gasteiger partial charge in [0.2, 0.25) is 0 Å². The van der Waals surface area contributed by atoms with Crippen molar-refractivity contribution in [3.05, 3.63) is 51.8 Å². The van der Waals surface area contributed by atoms with Crippen LogP contribution in [0, 0.1) is 25.7 Å². The predicted molar refractivity (Wildman–Crippen MR) is 103 cm³/mol. The van der Waals surface area contributed by atoms with Crippen LogP contribution in [0.5, 0.6) is 0 Å². The lowest BCUT2D eigenvalue weighted by atomic mass is 9.86. The van der Waals surface area contributed by atoms with Crippen molar-refractivity contribution < 1.29 is 14.7 Å². The number of amides is 1. The van der Waals surface area contributed by atoms with Crippen LogP contribution in [0.15, 0.2) is 24.3 Å². The Morgan fingerprint density at radius 2 is 2.00 bits per heavy atom. The number of nitrogens with zero attached hydrogens (tertiary/aromatic N) is 3. The first kappa shape index (κ1) is 19.4. The molecule has 1 aliphatic rings. The van der Waals surface area contributed by atoms with Gasteiger partial charge in [-0.25, -0.2) is 0 Å². The molecule has 7 heteroatoms. The number of piperidine rings is 1. The molecule has 27 heavy (non-hydrogen) atoms. The van der Waals surface area contributed by atoms with E-state index in [1.54, 1.807) is 9.58 Å². The first-order valence-electron chi connectivity index (χ1n) is 9.09. The van der Waals surface area contributed by atoms with Crippen molar-refractivity contribution in [3.63, 3.8) is 0 Å². The van der Waals surface area contributed by atoms with Crippen LogP contribution in [0.25, 0.3) is 0 Å². The van der Waals surface area contributed by atoms with E-state index in [2.05, 4.69) is 5.10 Å². The predicted octanol–water partition coefficient (Wildman–Crippen LogP) is 3.38. The fraction of sp³-hybridized carbons (Fsp3) is 0.450. The number of benzene rings is 1. The normalized spacial score (nSPS) is 19.9. The Kier molecular flexibility index (Phi) is 5.56. The van der Waals surface area contributed by atoms with Gasteiger partial charge in [-0.15, -0.1) is 0 Å². The quantitative estimate of drug-likeness (QED) is 0.869. The van der Waals surface area contributed by atoms with E-state index in [-0.39, 0.29) is 17.7 Å². The third kappa shape index (κ3) is 3.86. The Bertz CT molecular complexity index is 877. The number of likely N-dealkylation sites (tertiary alicyclic amines) is 1. The van der Waals surface area contributed by atoms with Gasteiger partial charge in [0.05, 0.1) is 23.7 Å². The Labute approximate surface area is 163 Å². The molecule has 1 saturated heterocycles. The minimum Gasteiger partial charge on any atom is -0.481 e. The maximum Gasteiger partial charge on any atom is 0.306 e. The number of hydrogen-bond acceptors (Lipinski definition) is 3. The number of carboxylic acid groups (broad SMARTS) is 1. The van der Waals surface area contributed by atoms with Gasteiger partial charge in [-0.1, -0.05) is 36.7 Å². The van der Waals surface area contributed by atoms with Gasteiger partial charge in [0.25, 0.3) is 5.91 Å². The van der Waals surface area contributed by atoms with Gasteiger partial charge < -0.3 is 10.0 Å². The summed E-state index contributed by atoms with van der Waals surface area (Å²) in [6.07, 6.45) is 0.480. The first-order valence-corrected chi connectivity index (χ1v) is 9.47. The van der Waals surface area contributed by atoms with Crippen molar-refractivity contribution >= 4 is 23.5 Å². The highest BCUT2D eigenvalue weighted by atomic mass is 35.5. The molecule has 3 rings (SSSR count). The van der Waals surface area contributed by atoms with Crippen LogP contribution in [-0.4, -0.2) is 44.8 Å². The van der Waals surface area contributed by atoms with E-state index < -0.39 is 5.97 Å². The average molecular weight is 390 g/mol. The highest BCUT2D eigenvalue weighted by Gasteiger charge is 2.34. The highest BCUT2D eigenvalue weighted by molar-refractivity contribution is 6.31. The zero-order valence-electron chi connectivity index (χ0n) is 15.8. The van der Waals surface area contributed by atoms with Crippen molar-refractivity contribution in [1.29, 1.82) is 0 Å². The van der Waals surface area contributed by atoms with Crippen LogP contribution in [-0.2, 0) is 11.3 Å². The minimum absolute atomic E-state index is 0.0704. The summed E-state index contributed by atoms with van der Waals surface area (Å²) in [5, 5.41) is 14.5. The molecule has 1 fully saturated rings. The number of aliphatic carboxylic acids is 1. The highest BCUT2D eigenvalue weighted by Crippen LogP contribution is 2.26. The number of carboxylic acids is 1. The van der Waals surface area contributed by atoms with Gasteiger partial charge in [-0.3, -0.25) is 14.3 Å². The van der Waals surface area contributed by atoms with Gasteiger partial charge in [0.15, 0.2) is 0 Å². The summed E-state index contributed by atoms with van der Waals surface area (Å²) in [4.78, 5) is 26.1. The van der Waals surface area contributed by atoms with E-state index in [9.17, 15) is 14.7 Å². The molecule has 1 amide bonds. The van der Waals surface area contributed by atoms with Crippen molar-refractivity contribution in [2.45, 2.75) is 33.7 Å². The van der Waals surface area contributed by atoms with E-state index >= 15 is 0 Å². The lowest BCUT2D eigenvalue weighted by molar-refractivity contribution is -0.145. The van der Waals surface area contributed by atoms with Crippen LogP contribution in [0.2, 0.25) is 5.02 Å². The van der Waals surface area contributed by atoms with Crippen LogP contribution < -0.4 is 0 Å². The number of carbonyl (C=O) groups excluding carboxylic acids is 1. The SMILES string of the molecule is Cc1nn(Cc2ccccc2Cl)c(C)c1C(=O)N1CCC(C(=O)O)C(C)C1. The second kappa shape index (κ2) is 7.72. The molecule has 2 atom stereocenters. The molecule has 1 N–H and O–H groups in total. The smallest absolute Gasteiger partial charge is 0.306 e. The summed E-state index contributed by atoms with van der Waals surface area (Å²) in [6, 6.07) is 7.58. The van der Waals surface area contributed by atoms with Gasteiger partial charge in [-0.05, 0) is 37.8 Å². The van der Waals surface area contributed by atoms with Gasteiger partial charge in [-0.2, -0.15) is 5.10 Å². The van der Waals surface area contributed by atoms with E-state index in [0.717, 1.165) is 11.3 Å². The largest absolute Gasteiger partial charge is 0.481 e. The standard InChI is InChI=1S/C20H24ClN3O3/c1-12-10-23(9-8-16(12)20(26)27)19(25)18-13(2)22-24(14(18)3)11-15-6-4-5-7-17(15)21/h4-7,12,16H,8-11H2,1-3H3,(H,26,27). The van der Waals surface area contributed by atoms with Crippen LogP contribution >= 0.6 is 11.6 Å². The van der Waals surface area contributed by atoms with Gasteiger partial charge in [0, 0.05) is 23.8 Å². The summed E-state index contributed by atoms with van der Waals surface area (Å²) < 4.78 is 1.80. The van der Waals surface area contributed by atoms with Crippen molar-refractivity contribution in [2.75, 3.05) is 13.1 Å². The molecule has 1 aromatic carbocycles. The molecule has 2 aromatic rings. The number of carbonyl (C=O) groups is 2. The van der Waals surface area contributed by atoms with Gasteiger partial charge >= 0.3 is 5.97 Å². The Balaban J connectivity index is 1.81. The summed E-state index contributed by atoms with van der Waals surface area (Å²) in [6.45, 7) is 7.00. The second-order valence-corrected chi connectivity index (χ2v) is 7.66. The lowest BCUT2D eigenvalue weighted by Gasteiger charge is -2.35. The second-order valence-electron chi connectivity index (χ2n) is 7.26. The zero-order chi connectivity index (χ0) is 19.7. The molecular weight excluding hydrogens is 366 g/mol. The molecule has 2 unspecified atom stereocenters. The number of hydrogen-bond donors (Lipinski definition) is 1. The number of aryl methyl sites for hydroxylation is 1. The summed E-state index contributed by atoms with van der Waals surface area (Å²) >= 11 is 6.25. The molecule has 0 spiro atoms. The topological polar surface area (TPSA) is 75.4 Å². The van der Waals surface area contributed by atoms with Crippen molar-refractivity contribution in [3.8, 4) is 0 Å². The molecule has 0 radical (unpaired) electrons. The molecule has 0 saturated carbocycles. The Morgan fingerprint density at radius 3 is 2.63 bits per heavy atom. The minimum atomic E-state index is -0.783. The third-order valence-corrected chi connectivity index (χ3v) is 5.75. The van der Waals surface area contributed by atoms with Crippen molar-refractivity contribution in [1.82, 2.24) is 14.7 Å². The third-order valence-electron chi connectivity index (χ3n) is 5.38. The van der Waals surface area contributed by atoms with E-state index in [0.29, 0.717) is 42.3 Å². The van der Waals surface area contributed by atoms with E-state index in [1.165, 1.54) is 0 Å². The number of halogens is 1. The van der Waals surface area contributed by atoms with Crippen LogP contribution in [0.3, 0.4) is 0 Å². The molecule has 6 nitrogen and oxygen atoms in total. The monoisotopic (exact) mass is 389 g/mol. The number of aromatic nitrogens is 2. The molecule has 0 bridgehead atoms. The molecule has 0 aliphatic carbocycles. The van der Waals surface area contributed by atoms with Crippen LogP contribution in [0.4, 0.5) is 0 Å². The fourth-order valence-electron chi connectivity index (χ4n) is 3.80. The molecule has 1 aromatic heterocycles. The van der Waals surface area contributed by atoms with E-state index in [4.69, 9.17) is 11.6 Å². The zero-order valence-corrected chi connectivity index (χ0v) is 16.5.